The molecule has 0 aliphatic rings. The summed E-state index contributed by atoms with van der Waals surface area (Å²) in [7, 11) is 0. The Morgan fingerprint density at radius 2 is 2.21 bits per heavy atom. The van der Waals surface area contributed by atoms with Crippen molar-refractivity contribution in [2.45, 2.75) is 12.8 Å². The molecule has 0 aliphatic carbocycles. The van der Waals surface area contributed by atoms with Crippen LogP contribution in [-0.4, -0.2) is 36.8 Å². The largest absolute Gasteiger partial charge is 0.457 e. The van der Waals surface area contributed by atoms with Crippen LogP contribution < -0.4 is 0 Å². The molecule has 0 aromatic heterocycles. The van der Waals surface area contributed by atoms with E-state index < -0.39 is 5.97 Å². The van der Waals surface area contributed by atoms with E-state index in [1.54, 1.807) is 0 Å². The van der Waals surface area contributed by atoms with Gasteiger partial charge in [-0.3, -0.25) is 0 Å². The Morgan fingerprint density at radius 1 is 1.50 bits per heavy atom. The number of carbonyl (C=O) groups is 1. The Bertz CT molecular complexity index is 251. The molecule has 0 radical (unpaired) electrons. The summed E-state index contributed by atoms with van der Waals surface area (Å²) in [6.45, 7) is 1.14. The molecule has 0 saturated heterocycles. The lowest BCUT2D eigenvalue weighted by Gasteiger charge is -2.00. The Balaban J connectivity index is 3.18. The SMILES string of the molecule is C#CCOCCCCOC(=O)C=[N+]=[N-]. The zero-order valence-corrected chi connectivity index (χ0v) is 7.81. The van der Waals surface area contributed by atoms with Crippen LogP contribution in [0.25, 0.3) is 5.53 Å². The molecule has 0 saturated carbocycles. The van der Waals surface area contributed by atoms with E-state index in [1.807, 2.05) is 0 Å². The monoisotopic (exact) mass is 196 g/mol. The maximum absolute atomic E-state index is 10.6. The van der Waals surface area contributed by atoms with E-state index in [9.17, 15) is 4.79 Å². The van der Waals surface area contributed by atoms with Gasteiger partial charge in [-0.25, -0.2) is 4.79 Å². The van der Waals surface area contributed by atoms with Crippen LogP contribution in [0.3, 0.4) is 0 Å². The van der Waals surface area contributed by atoms with Crippen molar-refractivity contribution in [3.63, 3.8) is 0 Å². The van der Waals surface area contributed by atoms with Gasteiger partial charge in [-0.1, -0.05) is 5.92 Å². The zero-order valence-electron chi connectivity index (χ0n) is 7.81. The summed E-state index contributed by atoms with van der Waals surface area (Å²) in [6.07, 6.45) is 7.12. The van der Waals surface area contributed by atoms with Gasteiger partial charge in [0.25, 0.3) is 0 Å². The van der Waals surface area contributed by atoms with Crippen molar-refractivity contribution < 1.29 is 19.1 Å². The predicted molar refractivity (Wildman–Crippen MR) is 49.5 cm³/mol. The smallest absolute Gasteiger partial charge is 0.413 e. The molecule has 5 heteroatoms. The van der Waals surface area contributed by atoms with Gasteiger partial charge in [0, 0.05) is 6.61 Å². The highest BCUT2D eigenvalue weighted by Crippen LogP contribution is 1.91. The second-order valence-corrected chi connectivity index (χ2v) is 2.38. The van der Waals surface area contributed by atoms with Gasteiger partial charge < -0.3 is 15.0 Å². The van der Waals surface area contributed by atoms with Gasteiger partial charge in [-0.2, -0.15) is 4.79 Å². The molecular formula is C9H12N2O3. The normalized spacial score (nSPS) is 8.50. The summed E-state index contributed by atoms with van der Waals surface area (Å²) in [6, 6.07) is 0. The Labute approximate surface area is 82.6 Å². The van der Waals surface area contributed by atoms with Crippen LogP contribution in [0.4, 0.5) is 0 Å². The molecular weight excluding hydrogens is 184 g/mol. The molecule has 0 aliphatic heterocycles. The van der Waals surface area contributed by atoms with Crippen molar-refractivity contribution in [3.05, 3.63) is 5.53 Å². The molecule has 14 heavy (non-hydrogen) atoms. The van der Waals surface area contributed by atoms with Crippen molar-refractivity contribution in [2.75, 3.05) is 19.8 Å². The fourth-order valence-corrected chi connectivity index (χ4v) is 0.694. The van der Waals surface area contributed by atoms with Crippen LogP contribution >= 0.6 is 0 Å². The van der Waals surface area contributed by atoms with Crippen molar-refractivity contribution >= 4 is 12.2 Å². The van der Waals surface area contributed by atoms with Gasteiger partial charge >= 0.3 is 12.2 Å². The minimum absolute atomic E-state index is 0.282. The highest BCUT2D eigenvalue weighted by molar-refractivity contribution is 6.20. The maximum atomic E-state index is 10.6. The summed E-state index contributed by atoms with van der Waals surface area (Å²) < 4.78 is 9.64. The van der Waals surface area contributed by atoms with Gasteiger partial charge in [-0.05, 0) is 12.8 Å². The molecule has 0 bridgehead atoms. The van der Waals surface area contributed by atoms with E-state index in [-0.39, 0.29) is 6.61 Å². The van der Waals surface area contributed by atoms with Gasteiger partial charge in [0.15, 0.2) is 0 Å². The third kappa shape index (κ3) is 8.47. The van der Waals surface area contributed by atoms with Crippen LogP contribution in [0, 0.1) is 12.3 Å². The van der Waals surface area contributed by atoms with Gasteiger partial charge in [0.05, 0.1) is 6.61 Å². The number of terminal acetylenes is 1. The minimum atomic E-state index is -0.656. The molecule has 0 rings (SSSR count). The number of unbranched alkanes of at least 4 members (excludes halogenated alkanes) is 1. The van der Waals surface area contributed by atoms with Crippen molar-refractivity contribution in [2.24, 2.45) is 0 Å². The second kappa shape index (κ2) is 9.46. The molecule has 0 spiro atoms. The van der Waals surface area contributed by atoms with Crippen LogP contribution in [0.5, 0.6) is 0 Å². The van der Waals surface area contributed by atoms with Crippen LogP contribution in [0.15, 0.2) is 0 Å². The molecule has 0 aromatic carbocycles. The van der Waals surface area contributed by atoms with E-state index in [1.165, 1.54) is 0 Å². The molecule has 0 amide bonds. The molecule has 0 N–H and O–H groups in total. The first-order valence-corrected chi connectivity index (χ1v) is 4.16. The topological polar surface area (TPSA) is 71.9 Å². The molecule has 0 atom stereocenters. The Hall–Kier alpha value is -1.63. The molecule has 5 nitrogen and oxygen atoms in total. The number of nitrogens with zero attached hydrogens (tertiary/aromatic N) is 2. The number of esters is 1. The van der Waals surface area contributed by atoms with Crippen molar-refractivity contribution in [1.82, 2.24) is 0 Å². The molecule has 76 valence electrons. The second-order valence-electron chi connectivity index (χ2n) is 2.38. The number of carbonyl (C=O) groups excluding carboxylic acids is 1. The third-order valence-corrected chi connectivity index (χ3v) is 1.28. The number of rotatable bonds is 7. The van der Waals surface area contributed by atoms with E-state index in [2.05, 4.69) is 15.4 Å². The van der Waals surface area contributed by atoms with Gasteiger partial charge in [0.2, 0.25) is 0 Å². The lowest BCUT2D eigenvalue weighted by atomic mass is 10.3. The van der Waals surface area contributed by atoms with Gasteiger partial charge in [0.1, 0.15) is 6.61 Å². The van der Waals surface area contributed by atoms with E-state index in [4.69, 9.17) is 16.7 Å². The Kier molecular flexibility index (Phi) is 8.36. The summed E-state index contributed by atoms with van der Waals surface area (Å²) in [5.74, 6) is 1.69. The zero-order chi connectivity index (χ0) is 10.6. The molecule has 0 fully saturated rings. The standard InChI is InChI=1S/C9H12N2O3/c1-2-5-13-6-3-4-7-14-9(12)8-11-10/h1,8H,3-7H2. The fourth-order valence-electron chi connectivity index (χ4n) is 0.694. The third-order valence-electron chi connectivity index (χ3n) is 1.28. The average molecular weight is 196 g/mol. The van der Waals surface area contributed by atoms with E-state index in [0.717, 1.165) is 6.42 Å². The number of hydrogen-bond donors (Lipinski definition) is 0. The first kappa shape index (κ1) is 12.4. The molecule has 0 unspecified atom stereocenters. The summed E-state index contributed by atoms with van der Waals surface area (Å²) >= 11 is 0. The van der Waals surface area contributed by atoms with Crippen molar-refractivity contribution in [1.29, 1.82) is 0 Å². The van der Waals surface area contributed by atoms with Crippen LogP contribution in [0.1, 0.15) is 12.8 Å². The van der Waals surface area contributed by atoms with Crippen LogP contribution in [-0.2, 0) is 14.3 Å². The molecule has 0 aromatic rings. The van der Waals surface area contributed by atoms with Gasteiger partial charge in [-0.15, -0.1) is 6.42 Å². The van der Waals surface area contributed by atoms with Crippen LogP contribution in [0.2, 0.25) is 0 Å². The number of ether oxygens (including phenoxy) is 2. The summed E-state index contributed by atoms with van der Waals surface area (Å²) in [4.78, 5) is 13.1. The quantitative estimate of drug-likeness (QED) is 0.146. The average Bonchev–Trinajstić information content (AvgIpc) is 2.17. The number of hydrogen-bond acceptors (Lipinski definition) is 3. The maximum Gasteiger partial charge on any atom is 0.413 e. The van der Waals surface area contributed by atoms with E-state index >= 15 is 0 Å². The molecule has 0 heterocycles. The lowest BCUT2D eigenvalue weighted by Crippen LogP contribution is -2.08. The predicted octanol–water partition coefficient (Wildman–Crippen LogP) is 0.260. The fraction of sp³-hybridized carbons (Fsp3) is 0.556. The Morgan fingerprint density at radius 3 is 2.86 bits per heavy atom. The summed E-state index contributed by atoms with van der Waals surface area (Å²) in [5.41, 5.74) is 7.97. The first-order chi connectivity index (χ1) is 6.81. The summed E-state index contributed by atoms with van der Waals surface area (Å²) in [5, 5.41) is 0. The first-order valence-electron chi connectivity index (χ1n) is 4.16. The highest BCUT2D eigenvalue weighted by Gasteiger charge is 2.01. The van der Waals surface area contributed by atoms with E-state index in [0.29, 0.717) is 25.8 Å². The van der Waals surface area contributed by atoms with Crippen molar-refractivity contribution in [3.8, 4) is 12.3 Å². The lowest BCUT2D eigenvalue weighted by molar-refractivity contribution is -0.139. The highest BCUT2D eigenvalue weighted by atomic mass is 16.5. The minimum Gasteiger partial charge on any atom is -0.457 e.